The van der Waals surface area contributed by atoms with Gasteiger partial charge in [-0.05, 0) is 36.5 Å². The lowest BCUT2D eigenvalue weighted by atomic mass is 9.77. The molecule has 3 nitrogen and oxygen atoms in total. The maximum Gasteiger partial charge on any atom is 0.254 e. The maximum atomic E-state index is 12.4. The van der Waals surface area contributed by atoms with Crippen LogP contribution in [0.1, 0.15) is 64.2 Å². The molecule has 1 N–H and O–H groups in total. The smallest absolute Gasteiger partial charge is 0.254 e. The van der Waals surface area contributed by atoms with Crippen molar-refractivity contribution >= 4 is 5.91 Å². The predicted octanol–water partition coefficient (Wildman–Crippen LogP) is 3.20. The van der Waals surface area contributed by atoms with Gasteiger partial charge in [0.2, 0.25) is 0 Å². The highest BCUT2D eigenvalue weighted by Gasteiger charge is 2.38. The molecule has 2 rings (SSSR count). The van der Waals surface area contributed by atoms with E-state index in [-0.39, 0.29) is 11.3 Å². The van der Waals surface area contributed by atoms with Crippen LogP contribution < -0.4 is 0 Å². The number of aliphatic hydroxyl groups is 1. The van der Waals surface area contributed by atoms with E-state index in [1.807, 2.05) is 0 Å². The Hall–Kier alpha value is -1.35. The van der Waals surface area contributed by atoms with Gasteiger partial charge in [0.15, 0.2) is 0 Å². The molecule has 3 heteroatoms. The van der Waals surface area contributed by atoms with E-state index in [4.69, 9.17) is 0 Å². The molecule has 1 amide bonds. The molecule has 0 saturated heterocycles. The fraction of sp³-hybridized carbons (Fsp3) is 0.611. The van der Waals surface area contributed by atoms with Crippen molar-refractivity contribution in [2.24, 2.45) is 0 Å². The highest BCUT2D eigenvalue weighted by molar-refractivity contribution is 5.84. The van der Waals surface area contributed by atoms with Gasteiger partial charge in [0.1, 0.15) is 5.60 Å². The first kappa shape index (κ1) is 16.0. The van der Waals surface area contributed by atoms with Crippen LogP contribution in [-0.4, -0.2) is 28.1 Å². The Balaban J connectivity index is 2.41. The van der Waals surface area contributed by atoms with Crippen LogP contribution in [0.3, 0.4) is 0 Å². The first-order valence-electron chi connectivity index (χ1n) is 7.67. The number of rotatable bonds is 2. The lowest BCUT2D eigenvalue weighted by molar-refractivity contribution is -0.149. The summed E-state index contributed by atoms with van der Waals surface area (Å²) in [6.45, 7) is 13.0. The summed E-state index contributed by atoms with van der Waals surface area (Å²) in [6.07, 6.45) is 0. The summed E-state index contributed by atoms with van der Waals surface area (Å²) in [5.41, 5.74) is 2.40. The van der Waals surface area contributed by atoms with E-state index in [2.05, 4.69) is 45.9 Å². The zero-order valence-corrected chi connectivity index (χ0v) is 14.0. The van der Waals surface area contributed by atoms with Crippen LogP contribution in [0.15, 0.2) is 18.2 Å². The van der Waals surface area contributed by atoms with Crippen LogP contribution in [0.4, 0.5) is 0 Å². The molecule has 1 heterocycles. The molecule has 116 valence electrons. The monoisotopic (exact) mass is 289 g/mol. The number of carbonyl (C=O) groups is 1. The average Bonchev–Trinajstić information content (AvgIpc) is 2.35. The Morgan fingerprint density at radius 2 is 1.95 bits per heavy atom. The van der Waals surface area contributed by atoms with E-state index in [0.717, 1.165) is 0 Å². The van der Waals surface area contributed by atoms with Crippen molar-refractivity contribution in [2.75, 3.05) is 6.54 Å². The normalized spacial score (nSPS) is 17.8. The maximum absolute atomic E-state index is 12.4. The summed E-state index contributed by atoms with van der Waals surface area (Å²) in [5, 5.41) is 10.0. The third-order valence-corrected chi connectivity index (χ3v) is 4.28. The molecule has 0 aliphatic carbocycles. The van der Waals surface area contributed by atoms with Gasteiger partial charge in [0.25, 0.3) is 5.91 Å². The van der Waals surface area contributed by atoms with Gasteiger partial charge in [-0.3, -0.25) is 4.79 Å². The summed E-state index contributed by atoms with van der Waals surface area (Å²) in [6, 6.07) is 6.61. The predicted molar refractivity (Wildman–Crippen MR) is 85.3 cm³/mol. The number of amides is 1. The second-order valence-corrected chi connectivity index (χ2v) is 7.68. The fourth-order valence-corrected chi connectivity index (χ4v) is 3.12. The van der Waals surface area contributed by atoms with Crippen molar-refractivity contribution in [1.82, 2.24) is 4.90 Å². The molecule has 1 aromatic rings. The molecular weight excluding hydrogens is 262 g/mol. The van der Waals surface area contributed by atoms with E-state index in [1.165, 1.54) is 16.7 Å². The van der Waals surface area contributed by atoms with Gasteiger partial charge in [-0.25, -0.2) is 0 Å². The number of fused-ring (bicyclic) bond motifs is 1. The van der Waals surface area contributed by atoms with Gasteiger partial charge >= 0.3 is 0 Å². The molecule has 21 heavy (non-hydrogen) atoms. The second-order valence-electron chi connectivity index (χ2n) is 7.68. The van der Waals surface area contributed by atoms with E-state index in [1.54, 1.807) is 18.7 Å². The van der Waals surface area contributed by atoms with Crippen LogP contribution >= 0.6 is 0 Å². The molecule has 1 aliphatic rings. The van der Waals surface area contributed by atoms with Gasteiger partial charge in [-0.15, -0.1) is 0 Å². The SMILES string of the molecule is CC(C)c1ccc2c(c1)CN(C(=O)C(C)(C)O)CC2(C)C. The fourth-order valence-electron chi connectivity index (χ4n) is 3.12. The van der Waals surface area contributed by atoms with Crippen molar-refractivity contribution in [3.8, 4) is 0 Å². The minimum absolute atomic E-state index is 0.0933. The second kappa shape index (κ2) is 5.13. The van der Waals surface area contributed by atoms with E-state index >= 15 is 0 Å². The van der Waals surface area contributed by atoms with Crippen molar-refractivity contribution in [1.29, 1.82) is 0 Å². The Morgan fingerprint density at radius 3 is 2.48 bits per heavy atom. The van der Waals surface area contributed by atoms with Crippen LogP contribution in [0.2, 0.25) is 0 Å². The van der Waals surface area contributed by atoms with Crippen LogP contribution in [0.5, 0.6) is 0 Å². The first-order valence-corrected chi connectivity index (χ1v) is 7.67. The first-order chi connectivity index (χ1) is 9.52. The largest absolute Gasteiger partial charge is 0.381 e. The number of carbonyl (C=O) groups excluding carboxylic acids is 1. The minimum atomic E-state index is -1.32. The van der Waals surface area contributed by atoms with E-state index in [9.17, 15) is 9.90 Å². The Labute approximate surface area is 128 Å². The highest BCUT2D eigenvalue weighted by atomic mass is 16.3. The van der Waals surface area contributed by atoms with Crippen molar-refractivity contribution in [3.63, 3.8) is 0 Å². The summed E-state index contributed by atoms with van der Waals surface area (Å²) >= 11 is 0. The van der Waals surface area contributed by atoms with Gasteiger partial charge in [0, 0.05) is 18.5 Å². The molecule has 0 atom stereocenters. The Kier molecular flexibility index (Phi) is 3.92. The Morgan fingerprint density at radius 1 is 1.33 bits per heavy atom. The zero-order valence-electron chi connectivity index (χ0n) is 14.0. The molecule has 1 aliphatic heterocycles. The molecule has 0 saturated carbocycles. The molecule has 0 radical (unpaired) electrons. The van der Waals surface area contributed by atoms with Crippen LogP contribution in [0.25, 0.3) is 0 Å². The molecule has 0 fully saturated rings. The summed E-state index contributed by atoms with van der Waals surface area (Å²) < 4.78 is 0. The quantitative estimate of drug-likeness (QED) is 0.908. The molecule has 0 unspecified atom stereocenters. The Bertz CT molecular complexity index is 553. The summed E-state index contributed by atoms with van der Waals surface area (Å²) in [5.74, 6) is 0.273. The molecule has 0 bridgehead atoms. The minimum Gasteiger partial charge on any atom is -0.381 e. The third kappa shape index (κ3) is 3.13. The van der Waals surface area contributed by atoms with Crippen LogP contribution in [0, 0.1) is 0 Å². The van der Waals surface area contributed by atoms with Crippen molar-refractivity contribution in [2.45, 2.75) is 65.0 Å². The molecule has 0 spiro atoms. The van der Waals surface area contributed by atoms with Crippen molar-refractivity contribution in [3.05, 3.63) is 34.9 Å². The number of hydrogen-bond acceptors (Lipinski definition) is 2. The number of hydrogen-bond donors (Lipinski definition) is 1. The molecular formula is C18H27NO2. The van der Waals surface area contributed by atoms with Gasteiger partial charge in [-0.2, -0.15) is 0 Å². The summed E-state index contributed by atoms with van der Waals surface area (Å²) in [7, 11) is 0. The molecule has 1 aromatic carbocycles. The third-order valence-electron chi connectivity index (χ3n) is 4.28. The van der Waals surface area contributed by atoms with Gasteiger partial charge < -0.3 is 10.0 Å². The topological polar surface area (TPSA) is 40.5 Å². The average molecular weight is 289 g/mol. The molecule has 0 aromatic heterocycles. The lowest BCUT2D eigenvalue weighted by Gasteiger charge is -2.42. The summed E-state index contributed by atoms with van der Waals surface area (Å²) in [4.78, 5) is 14.2. The van der Waals surface area contributed by atoms with E-state index < -0.39 is 5.60 Å². The van der Waals surface area contributed by atoms with E-state index in [0.29, 0.717) is 19.0 Å². The lowest BCUT2D eigenvalue weighted by Crippen LogP contribution is -2.51. The highest BCUT2D eigenvalue weighted by Crippen LogP contribution is 2.35. The zero-order chi connectivity index (χ0) is 16.0. The standard InChI is InChI=1S/C18H27NO2/c1-12(2)13-7-8-15-14(9-13)10-19(11-17(15,3)4)16(20)18(5,6)21/h7-9,12,21H,10-11H2,1-6H3. The number of nitrogens with zero attached hydrogens (tertiary/aromatic N) is 1. The van der Waals surface area contributed by atoms with Gasteiger partial charge in [0.05, 0.1) is 0 Å². The van der Waals surface area contributed by atoms with Crippen LogP contribution in [-0.2, 0) is 16.8 Å². The van der Waals surface area contributed by atoms with Gasteiger partial charge in [-0.1, -0.05) is 45.9 Å². The number of benzene rings is 1. The van der Waals surface area contributed by atoms with Crippen molar-refractivity contribution < 1.29 is 9.90 Å².